The molecule has 0 atom stereocenters. The summed E-state index contributed by atoms with van der Waals surface area (Å²) in [5.41, 5.74) is 0. The van der Waals surface area contributed by atoms with Crippen LogP contribution in [0.25, 0.3) is 0 Å². The van der Waals surface area contributed by atoms with Crippen LogP contribution >= 0.6 is 0 Å². The number of unbranched alkanes of at least 4 members (excludes halogenated alkanes) is 4. The van der Waals surface area contributed by atoms with E-state index >= 15 is 0 Å². The Hall–Kier alpha value is -0.156. The molecule has 106 valence electrons. The first-order valence-electron chi connectivity index (χ1n) is 6.16. The minimum absolute atomic E-state index is 0. The molecule has 0 aliphatic rings. The molecule has 0 aromatic heterocycles. The van der Waals surface area contributed by atoms with E-state index in [4.69, 9.17) is 5.11 Å². The number of rotatable bonds is 8. The minimum atomic E-state index is -0.774. The molecule has 0 unspecified atom stereocenters. The van der Waals surface area contributed by atoms with Gasteiger partial charge in [-0.2, -0.15) is 4.89 Å². The van der Waals surface area contributed by atoms with Crippen LogP contribution in [-0.2, 0) is 36.3 Å². The Morgan fingerprint density at radius 3 is 2.33 bits per heavy atom. The molecule has 0 aromatic carbocycles. The zero-order chi connectivity index (χ0) is 13.5. The van der Waals surface area contributed by atoms with Gasteiger partial charge in [0.1, 0.15) is 6.61 Å². The molecule has 1 N–H and O–H groups in total. The van der Waals surface area contributed by atoms with E-state index < -0.39 is 12.6 Å². The van der Waals surface area contributed by atoms with E-state index in [2.05, 4.69) is 23.3 Å². The van der Waals surface area contributed by atoms with Crippen LogP contribution in [-0.4, -0.2) is 23.8 Å². The topological polar surface area (TPSA) is 55.8 Å². The molecule has 0 amide bonds. The number of hydrogen-bond acceptors (Lipinski definition) is 4. The molecule has 0 saturated carbocycles. The fourth-order valence-corrected chi connectivity index (χ4v) is 0.892. The number of carbonyl (C=O) groups excluding carboxylic acids is 1. The van der Waals surface area contributed by atoms with Crippen LogP contribution in [0.5, 0.6) is 0 Å². The van der Waals surface area contributed by atoms with Crippen molar-refractivity contribution in [3.05, 3.63) is 12.7 Å². The predicted molar refractivity (Wildman–Crippen MR) is 68.4 cm³/mol. The van der Waals surface area contributed by atoms with Gasteiger partial charge in [0.15, 0.2) is 0 Å². The van der Waals surface area contributed by atoms with Gasteiger partial charge in [-0.15, -0.1) is 6.58 Å². The van der Waals surface area contributed by atoms with Crippen molar-refractivity contribution >= 4 is 5.97 Å². The molecule has 0 fully saturated rings. The third-order valence-electron chi connectivity index (χ3n) is 1.72. The molecule has 0 saturated heterocycles. The first-order valence-corrected chi connectivity index (χ1v) is 6.16. The van der Waals surface area contributed by atoms with Gasteiger partial charge in [-0.1, -0.05) is 32.3 Å². The summed E-state index contributed by atoms with van der Waals surface area (Å²) in [5.74, 6) is -0.774. The Labute approximate surface area is 126 Å². The van der Waals surface area contributed by atoms with Gasteiger partial charge in [-0.3, -0.25) is 4.89 Å². The SMILES string of the molecule is C=CCCCCCC.CC(C)OOC(=O)CO.[Ti]. The Bertz CT molecular complexity index is 184. The first kappa shape index (κ1) is 23.0. The van der Waals surface area contributed by atoms with Crippen LogP contribution in [0, 0.1) is 0 Å². The van der Waals surface area contributed by atoms with Crippen LogP contribution in [0.4, 0.5) is 0 Å². The number of hydrogen-bond donors (Lipinski definition) is 1. The van der Waals surface area contributed by atoms with Gasteiger partial charge < -0.3 is 5.11 Å². The molecule has 0 spiro atoms. The van der Waals surface area contributed by atoms with Crippen LogP contribution in [0.1, 0.15) is 52.9 Å². The molecule has 0 aliphatic heterocycles. The largest absolute Gasteiger partial charge is 0.385 e. The molecular formula is C13H26O4Ti. The van der Waals surface area contributed by atoms with Crippen LogP contribution < -0.4 is 0 Å². The van der Waals surface area contributed by atoms with E-state index in [-0.39, 0.29) is 27.8 Å². The normalized spacial score (nSPS) is 8.94. The van der Waals surface area contributed by atoms with Gasteiger partial charge in [0.05, 0.1) is 6.10 Å². The van der Waals surface area contributed by atoms with E-state index in [9.17, 15) is 4.79 Å². The Balaban J connectivity index is -0.000000238. The second-order valence-corrected chi connectivity index (χ2v) is 3.90. The van der Waals surface area contributed by atoms with Gasteiger partial charge in [0.25, 0.3) is 0 Å². The number of aliphatic hydroxyl groups excluding tert-OH is 1. The maximum absolute atomic E-state index is 10.1. The average Bonchev–Trinajstić information content (AvgIpc) is 2.32. The standard InChI is InChI=1S/C8H16.C5H10O4.Ti/c1-3-5-7-8-6-4-2;1-4(2)8-9-5(7)3-6;/h3H,1,4-8H2,2H3;4,6H,3H2,1-2H3;. The van der Waals surface area contributed by atoms with Crippen molar-refractivity contribution < 1.29 is 41.4 Å². The fraction of sp³-hybridized carbons (Fsp3) is 0.769. The molecule has 0 radical (unpaired) electrons. The van der Waals surface area contributed by atoms with Crippen LogP contribution in [0.2, 0.25) is 0 Å². The third-order valence-corrected chi connectivity index (χ3v) is 1.72. The molecule has 0 bridgehead atoms. The summed E-state index contributed by atoms with van der Waals surface area (Å²) in [6, 6.07) is 0. The number of carbonyl (C=O) groups is 1. The monoisotopic (exact) mass is 294 g/mol. The van der Waals surface area contributed by atoms with Crippen molar-refractivity contribution in [3.63, 3.8) is 0 Å². The second-order valence-electron chi connectivity index (χ2n) is 3.90. The van der Waals surface area contributed by atoms with E-state index in [0.717, 1.165) is 0 Å². The van der Waals surface area contributed by atoms with Crippen molar-refractivity contribution in [1.82, 2.24) is 0 Å². The molecule has 0 aromatic rings. The Morgan fingerprint density at radius 2 is 1.94 bits per heavy atom. The van der Waals surface area contributed by atoms with Gasteiger partial charge in [0, 0.05) is 21.7 Å². The smallest absolute Gasteiger partial charge is 0.367 e. The van der Waals surface area contributed by atoms with Crippen LogP contribution in [0.3, 0.4) is 0 Å². The molecule has 0 aliphatic carbocycles. The quantitative estimate of drug-likeness (QED) is 0.246. The van der Waals surface area contributed by atoms with Crippen LogP contribution in [0.15, 0.2) is 12.7 Å². The molecule has 0 heterocycles. The molecule has 0 rings (SSSR count). The van der Waals surface area contributed by atoms with Gasteiger partial charge in [-0.05, 0) is 26.7 Å². The molecular weight excluding hydrogens is 268 g/mol. The number of allylic oxidation sites excluding steroid dienone is 1. The molecule has 5 heteroatoms. The van der Waals surface area contributed by atoms with E-state index in [1.165, 1.54) is 32.1 Å². The first-order chi connectivity index (χ1) is 8.08. The van der Waals surface area contributed by atoms with Crippen molar-refractivity contribution in [3.8, 4) is 0 Å². The predicted octanol–water partition coefficient (Wildman–Crippen LogP) is 3.00. The molecule has 18 heavy (non-hydrogen) atoms. The summed E-state index contributed by atoms with van der Waals surface area (Å²) in [4.78, 5) is 18.6. The van der Waals surface area contributed by atoms with Gasteiger partial charge >= 0.3 is 5.97 Å². The summed E-state index contributed by atoms with van der Waals surface area (Å²) >= 11 is 0. The number of aliphatic hydroxyl groups is 1. The van der Waals surface area contributed by atoms with Gasteiger partial charge in [-0.25, -0.2) is 4.79 Å². The van der Waals surface area contributed by atoms with E-state index in [1.807, 2.05) is 6.08 Å². The van der Waals surface area contributed by atoms with Crippen molar-refractivity contribution in [2.45, 2.75) is 59.0 Å². The van der Waals surface area contributed by atoms with Crippen molar-refractivity contribution in [2.24, 2.45) is 0 Å². The van der Waals surface area contributed by atoms with E-state index in [1.54, 1.807) is 13.8 Å². The Kier molecular flexibility index (Phi) is 24.5. The molecule has 4 nitrogen and oxygen atoms in total. The maximum Gasteiger partial charge on any atom is 0.367 e. The van der Waals surface area contributed by atoms with E-state index in [0.29, 0.717) is 0 Å². The summed E-state index contributed by atoms with van der Waals surface area (Å²) in [7, 11) is 0. The van der Waals surface area contributed by atoms with Crippen molar-refractivity contribution in [2.75, 3.05) is 6.61 Å². The zero-order valence-electron chi connectivity index (χ0n) is 11.8. The maximum atomic E-state index is 10.1. The minimum Gasteiger partial charge on any atom is -0.385 e. The summed E-state index contributed by atoms with van der Waals surface area (Å²) in [5, 5.41) is 8.09. The summed E-state index contributed by atoms with van der Waals surface area (Å²) < 4.78 is 0. The second kappa shape index (κ2) is 19.2. The summed E-state index contributed by atoms with van der Waals surface area (Å²) in [6.45, 7) is 8.67. The third kappa shape index (κ3) is 24.9. The summed E-state index contributed by atoms with van der Waals surface area (Å²) in [6.07, 6.45) is 8.45. The van der Waals surface area contributed by atoms with Crippen molar-refractivity contribution in [1.29, 1.82) is 0 Å². The van der Waals surface area contributed by atoms with Gasteiger partial charge in [0.2, 0.25) is 0 Å². The fourth-order valence-electron chi connectivity index (χ4n) is 0.892. The average molecular weight is 294 g/mol. The Morgan fingerprint density at radius 1 is 1.33 bits per heavy atom. The zero-order valence-corrected chi connectivity index (χ0v) is 13.3.